The van der Waals surface area contributed by atoms with Crippen molar-refractivity contribution in [3.05, 3.63) is 0 Å². The van der Waals surface area contributed by atoms with Gasteiger partial charge in [-0.2, -0.15) is 0 Å². The number of rotatable bonds is 4. The van der Waals surface area contributed by atoms with Crippen LogP contribution in [0, 0.1) is 11.8 Å². The highest BCUT2D eigenvalue weighted by atomic mass is 16.5. The van der Waals surface area contributed by atoms with Gasteiger partial charge in [-0.3, -0.25) is 9.59 Å². The second-order valence-electron chi connectivity index (χ2n) is 3.02. The zero-order chi connectivity index (χ0) is 9.14. The first-order valence-electron chi connectivity index (χ1n) is 4.40. The molecule has 1 fully saturated rings. The number of hydrogen-bond acceptors (Lipinski definition) is 3. The topological polar surface area (TPSA) is 43.4 Å². The number of ketones is 1. The minimum Gasteiger partial charge on any atom is -0.466 e. The van der Waals surface area contributed by atoms with E-state index in [2.05, 4.69) is 0 Å². The van der Waals surface area contributed by atoms with E-state index in [9.17, 15) is 9.59 Å². The molecule has 0 aromatic heterocycles. The molecule has 1 aliphatic rings. The maximum Gasteiger partial charge on any atom is 0.309 e. The molecule has 0 heterocycles. The van der Waals surface area contributed by atoms with Crippen molar-refractivity contribution in [3.8, 4) is 0 Å². The van der Waals surface area contributed by atoms with Crippen LogP contribution in [0.25, 0.3) is 0 Å². The lowest BCUT2D eigenvalue weighted by Crippen LogP contribution is -2.10. The fraction of sp³-hybridized carbons (Fsp3) is 0.778. The molecule has 0 unspecified atom stereocenters. The minimum atomic E-state index is -0.204. The fourth-order valence-electron chi connectivity index (χ4n) is 1.32. The van der Waals surface area contributed by atoms with Crippen LogP contribution >= 0.6 is 0 Å². The van der Waals surface area contributed by atoms with Gasteiger partial charge in [-0.05, 0) is 13.3 Å². The average molecular weight is 170 g/mol. The predicted octanol–water partition coefficient (Wildman–Crippen LogP) is 1.16. The van der Waals surface area contributed by atoms with E-state index in [1.165, 1.54) is 0 Å². The van der Waals surface area contributed by atoms with E-state index in [0.717, 1.165) is 0 Å². The Morgan fingerprint density at radius 2 is 2.00 bits per heavy atom. The summed E-state index contributed by atoms with van der Waals surface area (Å²) in [6, 6.07) is 0. The van der Waals surface area contributed by atoms with Crippen molar-refractivity contribution in [1.82, 2.24) is 0 Å². The van der Waals surface area contributed by atoms with Gasteiger partial charge in [0.15, 0.2) is 0 Å². The molecular weight excluding hydrogens is 156 g/mol. The first-order chi connectivity index (χ1) is 5.70. The van der Waals surface area contributed by atoms with Crippen LogP contribution in [0.4, 0.5) is 0 Å². The Morgan fingerprint density at radius 3 is 2.50 bits per heavy atom. The highest BCUT2D eigenvalue weighted by molar-refractivity contribution is 5.91. The Morgan fingerprint density at radius 1 is 1.33 bits per heavy atom. The van der Waals surface area contributed by atoms with Crippen molar-refractivity contribution in [3.63, 3.8) is 0 Å². The van der Waals surface area contributed by atoms with Gasteiger partial charge in [-0.15, -0.1) is 0 Å². The van der Waals surface area contributed by atoms with E-state index >= 15 is 0 Å². The summed E-state index contributed by atoms with van der Waals surface area (Å²) in [5, 5.41) is 0. The molecule has 0 spiro atoms. The van der Waals surface area contributed by atoms with Gasteiger partial charge in [-0.1, -0.05) is 6.92 Å². The summed E-state index contributed by atoms with van der Waals surface area (Å²) in [4.78, 5) is 22.1. The maximum atomic E-state index is 11.1. The van der Waals surface area contributed by atoms with Crippen LogP contribution in [0.3, 0.4) is 0 Å². The molecule has 0 saturated heterocycles. The number of esters is 1. The van der Waals surface area contributed by atoms with Gasteiger partial charge in [0.05, 0.1) is 12.5 Å². The Bertz CT molecular complexity index is 198. The highest BCUT2D eigenvalue weighted by Crippen LogP contribution is 2.40. The smallest absolute Gasteiger partial charge is 0.309 e. The summed E-state index contributed by atoms with van der Waals surface area (Å²) < 4.78 is 4.80. The van der Waals surface area contributed by atoms with Crippen LogP contribution in [-0.4, -0.2) is 18.4 Å². The molecule has 12 heavy (non-hydrogen) atoms. The Hall–Kier alpha value is -0.860. The minimum absolute atomic E-state index is 0.0333. The van der Waals surface area contributed by atoms with Crippen LogP contribution in [0.1, 0.15) is 26.7 Å². The van der Waals surface area contributed by atoms with Crippen molar-refractivity contribution in [2.75, 3.05) is 6.61 Å². The van der Waals surface area contributed by atoms with E-state index in [4.69, 9.17) is 4.74 Å². The first kappa shape index (κ1) is 9.23. The standard InChI is InChI=1S/C9H14O3/c1-3-8(10)6-5-7(6)9(11)12-4-2/h6-7H,3-5H2,1-2H3/t6-,7+/m1/s1. The zero-order valence-corrected chi connectivity index (χ0v) is 7.50. The summed E-state index contributed by atoms with van der Waals surface area (Å²) in [5.41, 5.74) is 0. The SMILES string of the molecule is CCOC(=O)[C@H]1C[C@H]1C(=O)CC. The van der Waals surface area contributed by atoms with Gasteiger partial charge in [0.1, 0.15) is 5.78 Å². The van der Waals surface area contributed by atoms with Crippen LogP contribution in [-0.2, 0) is 14.3 Å². The van der Waals surface area contributed by atoms with Crippen LogP contribution < -0.4 is 0 Å². The lowest BCUT2D eigenvalue weighted by Gasteiger charge is -1.98. The van der Waals surface area contributed by atoms with Gasteiger partial charge >= 0.3 is 5.97 Å². The normalized spacial score (nSPS) is 26.5. The third-order valence-corrected chi connectivity index (χ3v) is 2.14. The molecule has 0 bridgehead atoms. The fourth-order valence-corrected chi connectivity index (χ4v) is 1.32. The van der Waals surface area contributed by atoms with Gasteiger partial charge in [-0.25, -0.2) is 0 Å². The lowest BCUT2D eigenvalue weighted by atomic mass is 10.2. The second kappa shape index (κ2) is 3.70. The van der Waals surface area contributed by atoms with Crippen molar-refractivity contribution >= 4 is 11.8 Å². The van der Waals surface area contributed by atoms with E-state index < -0.39 is 0 Å². The third kappa shape index (κ3) is 1.84. The first-order valence-corrected chi connectivity index (χ1v) is 4.40. The average Bonchev–Trinajstić information content (AvgIpc) is 2.82. The summed E-state index contributed by atoms with van der Waals surface area (Å²) in [6.45, 7) is 4.00. The predicted molar refractivity (Wildman–Crippen MR) is 43.5 cm³/mol. The molecule has 2 atom stereocenters. The van der Waals surface area contributed by atoms with Crippen LogP contribution in [0.15, 0.2) is 0 Å². The lowest BCUT2D eigenvalue weighted by molar-refractivity contribution is -0.145. The molecule has 1 saturated carbocycles. The zero-order valence-electron chi connectivity index (χ0n) is 7.50. The molecule has 0 aromatic rings. The van der Waals surface area contributed by atoms with Gasteiger partial charge in [0.25, 0.3) is 0 Å². The molecule has 68 valence electrons. The largest absolute Gasteiger partial charge is 0.466 e. The molecule has 0 radical (unpaired) electrons. The monoisotopic (exact) mass is 170 g/mol. The van der Waals surface area contributed by atoms with Crippen molar-refractivity contribution in [2.45, 2.75) is 26.7 Å². The van der Waals surface area contributed by atoms with E-state index in [-0.39, 0.29) is 23.6 Å². The Kier molecular flexibility index (Phi) is 2.84. The maximum absolute atomic E-state index is 11.1. The molecule has 0 aliphatic heterocycles. The van der Waals surface area contributed by atoms with Gasteiger partial charge in [0.2, 0.25) is 0 Å². The Labute approximate surface area is 72.1 Å². The molecule has 0 aromatic carbocycles. The highest BCUT2D eigenvalue weighted by Gasteiger charge is 2.47. The van der Waals surface area contributed by atoms with Crippen LogP contribution in [0.2, 0.25) is 0 Å². The molecule has 1 aliphatic carbocycles. The second-order valence-corrected chi connectivity index (χ2v) is 3.02. The number of ether oxygens (including phenoxy) is 1. The molecule has 1 rings (SSSR count). The number of hydrogen-bond donors (Lipinski definition) is 0. The number of carbonyl (C=O) groups is 2. The molecule has 3 nitrogen and oxygen atoms in total. The summed E-state index contributed by atoms with van der Waals surface area (Å²) in [5.74, 6) is -0.177. The molecule has 3 heteroatoms. The number of Topliss-reactive ketones (excluding diaryl/α,β-unsaturated/α-hetero) is 1. The molecular formula is C9H14O3. The summed E-state index contributed by atoms with van der Waals surface area (Å²) in [6.07, 6.45) is 1.23. The van der Waals surface area contributed by atoms with E-state index in [1.807, 2.05) is 6.92 Å². The van der Waals surface area contributed by atoms with E-state index in [0.29, 0.717) is 19.4 Å². The quantitative estimate of drug-likeness (QED) is 0.595. The summed E-state index contributed by atoms with van der Waals surface area (Å²) in [7, 11) is 0. The van der Waals surface area contributed by atoms with E-state index in [1.54, 1.807) is 6.92 Å². The van der Waals surface area contributed by atoms with Crippen LogP contribution in [0.5, 0.6) is 0 Å². The summed E-state index contributed by atoms with van der Waals surface area (Å²) >= 11 is 0. The van der Waals surface area contributed by atoms with Gasteiger partial charge in [0, 0.05) is 12.3 Å². The third-order valence-electron chi connectivity index (χ3n) is 2.14. The van der Waals surface area contributed by atoms with Crippen molar-refractivity contribution < 1.29 is 14.3 Å². The Balaban J connectivity index is 2.32. The number of carbonyl (C=O) groups excluding carboxylic acids is 2. The molecule has 0 amide bonds. The molecule has 0 N–H and O–H groups in total. The van der Waals surface area contributed by atoms with Crippen molar-refractivity contribution in [1.29, 1.82) is 0 Å². The van der Waals surface area contributed by atoms with Gasteiger partial charge < -0.3 is 4.74 Å². The van der Waals surface area contributed by atoms with Crippen molar-refractivity contribution in [2.24, 2.45) is 11.8 Å².